The summed E-state index contributed by atoms with van der Waals surface area (Å²) >= 11 is 0. The number of carbonyl (C=O) groups is 1. The molecule has 0 aliphatic rings. The SMILES string of the molecule is C[C@H](Oc1cccc(N)c1)C(=O)Oc1cccc(F)c1. The van der Waals surface area contributed by atoms with Crippen LogP contribution in [0.15, 0.2) is 48.5 Å². The molecule has 0 spiro atoms. The summed E-state index contributed by atoms with van der Waals surface area (Å²) in [4.78, 5) is 11.8. The van der Waals surface area contributed by atoms with Crippen molar-refractivity contribution in [1.82, 2.24) is 0 Å². The quantitative estimate of drug-likeness (QED) is 0.529. The lowest BCUT2D eigenvalue weighted by Gasteiger charge is -2.14. The number of anilines is 1. The monoisotopic (exact) mass is 275 g/mol. The maximum atomic E-state index is 13.0. The van der Waals surface area contributed by atoms with Crippen molar-refractivity contribution >= 4 is 11.7 Å². The summed E-state index contributed by atoms with van der Waals surface area (Å²) in [6, 6.07) is 12.1. The zero-order chi connectivity index (χ0) is 14.5. The molecule has 0 saturated carbocycles. The molecule has 0 aliphatic carbocycles. The molecule has 104 valence electrons. The second kappa shape index (κ2) is 6.06. The van der Waals surface area contributed by atoms with Crippen LogP contribution in [0.4, 0.5) is 10.1 Å². The van der Waals surface area contributed by atoms with Crippen LogP contribution >= 0.6 is 0 Å². The molecule has 0 saturated heterocycles. The second-order valence-electron chi connectivity index (χ2n) is 4.21. The Morgan fingerprint density at radius 3 is 2.55 bits per heavy atom. The smallest absolute Gasteiger partial charge is 0.352 e. The van der Waals surface area contributed by atoms with Gasteiger partial charge < -0.3 is 15.2 Å². The van der Waals surface area contributed by atoms with Crippen LogP contribution in [0.1, 0.15) is 6.92 Å². The van der Waals surface area contributed by atoms with E-state index in [1.165, 1.54) is 18.2 Å². The van der Waals surface area contributed by atoms with Crippen LogP contribution in [-0.4, -0.2) is 12.1 Å². The highest BCUT2D eigenvalue weighted by Gasteiger charge is 2.17. The van der Waals surface area contributed by atoms with Crippen LogP contribution in [0.25, 0.3) is 0 Å². The van der Waals surface area contributed by atoms with E-state index >= 15 is 0 Å². The van der Waals surface area contributed by atoms with Gasteiger partial charge in [0.05, 0.1) is 0 Å². The summed E-state index contributed by atoms with van der Waals surface area (Å²) in [5, 5.41) is 0. The van der Waals surface area contributed by atoms with Gasteiger partial charge in [-0.1, -0.05) is 12.1 Å². The Kier molecular flexibility index (Phi) is 4.20. The molecule has 0 aromatic heterocycles. The van der Waals surface area contributed by atoms with Crippen molar-refractivity contribution in [3.05, 3.63) is 54.3 Å². The lowest BCUT2D eigenvalue weighted by molar-refractivity contribution is -0.141. The van der Waals surface area contributed by atoms with Crippen molar-refractivity contribution in [3.63, 3.8) is 0 Å². The van der Waals surface area contributed by atoms with Crippen LogP contribution in [0.3, 0.4) is 0 Å². The van der Waals surface area contributed by atoms with E-state index in [9.17, 15) is 9.18 Å². The van der Waals surface area contributed by atoms with Gasteiger partial charge in [-0.25, -0.2) is 9.18 Å². The minimum Gasteiger partial charge on any atom is -0.479 e. The lowest BCUT2D eigenvalue weighted by Crippen LogP contribution is -2.28. The number of rotatable bonds is 4. The van der Waals surface area contributed by atoms with E-state index in [1.807, 2.05) is 0 Å². The van der Waals surface area contributed by atoms with Crippen LogP contribution < -0.4 is 15.2 Å². The number of halogens is 1. The highest BCUT2D eigenvalue weighted by molar-refractivity contribution is 5.77. The molecule has 5 heteroatoms. The molecular formula is C15H14FNO3. The normalized spacial score (nSPS) is 11.7. The standard InChI is InChI=1S/C15H14FNO3/c1-10(19-14-7-3-5-12(17)9-14)15(18)20-13-6-2-4-11(16)8-13/h2-10H,17H2,1H3/t10-/m0/s1. The molecule has 2 aromatic rings. The van der Waals surface area contributed by atoms with Crippen molar-refractivity contribution in [3.8, 4) is 11.5 Å². The minimum atomic E-state index is -0.833. The van der Waals surface area contributed by atoms with Gasteiger partial charge in [0.1, 0.15) is 17.3 Å². The van der Waals surface area contributed by atoms with Crippen molar-refractivity contribution in [2.75, 3.05) is 5.73 Å². The molecule has 0 radical (unpaired) electrons. The first-order chi connectivity index (χ1) is 9.54. The Balaban J connectivity index is 1.98. The van der Waals surface area contributed by atoms with Crippen LogP contribution in [0.2, 0.25) is 0 Å². The number of hydrogen-bond acceptors (Lipinski definition) is 4. The first-order valence-electron chi connectivity index (χ1n) is 6.04. The number of hydrogen-bond donors (Lipinski definition) is 1. The van der Waals surface area contributed by atoms with Crippen molar-refractivity contribution in [2.45, 2.75) is 13.0 Å². The third-order valence-corrected chi connectivity index (χ3v) is 2.52. The van der Waals surface area contributed by atoms with Gasteiger partial charge in [0.25, 0.3) is 0 Å². The fraction of sp³-hybridized carbons (Fsp3) is 0.133. The molecule has 0 aliphatic heterocycles. The van der Waals surface area contributed by atoms with E-state index < -0.39 is 17.9 Å². The molecule has 2 N–H and O–H groups in total. The Bertz CT molecular complexity index is 616. The van der Waals surface area contributed by atoms with Gasteiger partial charge in [0.15, 0.2) is 6.10 Å². The molecule has 1 atom stereocenters. The third kappa shape index (κ3) is 3.71. The topological polar surface area (TPSA) is 61.5 Å². The number of nitrogen functional groups attached to an aromatic ring is 1. The van der Waals surface area contributed by atoms with Crippen LogP contribution in [-0.2, 0) is 4.79 Å². The Labute approximate surface area is 115 Å². The van der Waals surface area contributed by atoms with Gasteiger partial charge >= 0.3 is 5.97 Å². The van der Waals surface area contributed by atoms with Gasteiger partial charge in [-0.05, 0) is 31.2 Å². The molecular weight excluding hydrogens is 261 g/mol. The van der Waals surface area contributed by atoms with Crippen molar-refractivity contribution < 1.29 is 18.7 Å². The highest BCUT2D eigenvalue weighted by atomic mass is 19.1. The third-order valence-electron chi connectivity index (χ3n) is 2.52. The molecule has 0 heterocycles. The number of benzene rings is 2. The molecule has 0 amide bonds. The summed E-state index contributed by atoms with van der Waals surface area (Å²) in [6.07, 6.45) is -0.833. The van der Waals surface area contributed by atoms with Gasteiger partial charge in [-0.15, -0.1) is 0 Å². The fourth-order valence-corrected chi connectivity index (χ4v) is 1.57. The van der Waals surface area contributed by atoms with Gasteiger partial charge in [-0.2, -0.15) is 0 Å². The molecule has 0 unspecified atom stereocenters. The van der Waals surface area contributed by atoms with E-state index in [0.29, 0.717) is 11.4 Å². The maximum Gasteiger partial charge on any atom is 0.352 e. The summed E-state index contributed by atoms with van der Waals surface area (Å²) in [7, 11) is 0. The first kappa shape index (κ1) is 13.9. The summed E-state index contributed by atoms with van der Waals surface area (Å²) in [5.41, 5.74) is 6.15. The molecule has 4 nitrogen and oxygen atoms in total. The average molecular weight is 275 g/mol. The molecule has 0 fully saturated rings. The minimum absolute atomic E-state index is 0.137. The first-order valence-corrected chi connectivity index (χ1v) is 6.04. The van der Waals surface area contributed by atoms with E-state index in [2.05, 4.69) is 0 Å². The number of esters is 1. The molecule has 0 bridgehead atoms. The zero-order valence-corrected chi connectivity index (χ0v) is 10.9. The summed E-state index contributed by atoms with van der Waals surface area (Å²) < 4.78 is 23.4. The van der Waals surface area contributed by atoms with Crippen LogP contribution in [0.5, 0.6) is 11.5 Å². The number of nitrogens with two attached hydrogens (primary N) is 1. The number of ether oxygens (including phenoxy) is 2. The van der Waals surface area contributed by atoms with Crippen molar-refractivity contribution in [1.29, 1.82) is 0 Å². The van der Waals surface area contributed by atoms with E-state index in [0.717, 1.165) is 6.07 Å². The van der Waals surface area contributed by atoms with Crippen molar-refractivity contribution in [2.24, 2.45) is 0 Å². The van der Waals surface area contributed by atoms with Gasteiger partial charge in [-0.3, -0.25) is 0 Å². The summed E-state index contributed by atoms with van der Waals surface area (Å²) in [5.74, 6) is -0.482. The van der Waals surface area contributed by atoms with E-state index in [4.69, 9.17) is 15.2 Å². The Morgan fingerprint density at radius 1 is 1.15 bits per heavy atom. The second-order valence-corrected chi connectivity index (χ2v) is 4.21. The molecule has 20 heavy (non-hydrogen) atoms. The predicted molar refractivity (Wildman–Crippen MR) is 73.0 cm³/mol. The zero-order valence-electron chi connectivity index (χ0n) is 10.9. The lowest BCUT2D eigenvalue weighted by atomic mass is 10.3. The fourth-order valence-electron chi connectivity index (χ4n) is 1.57. The van der Waals surface area contributed by atoms with Gasteiger partial charge in [0, 0.05) is 17.8 Å². The molecule has 2 rings (SSSR count). The van der Waals surface area contributed by atoms with E-state index in [1.54, 1.807) is 31.2 Å². The van der Waals surface area contributed by atoms with Gasteiger partial charge in [0.2, 0.25) is 0 Å². The van der Waals surface area contributed by atoms with E-state index in [-0.39, 0.29) is 5.75 Å². The predicted octanol–water partition coefficient (Wildman–Crippen LogP) is 2.78. The Hall–Kier alpha value is -2.56. The largest absolute Gasteiger partial charge is 0.479 e. The summed E-state index contributed by atoms with van der Waals surface area (Å²) in [6.45, 7) is 1.55. The average Bonchev–Trinajstić information content (AvgIpc) is 2.38. The molecule has 2 aromatic carbocycles. The number of carbonyl (C=O) groups excluding carboxylic acids is 1. The Morgan fingerprint density at radius 2 is 1.85 bits per heavy atom. The van der Waals surface area contributed by atoms with Crippen LogP contribution in [0, 0.1) is 5.82 Å². The highest BCUT2D eigenvalue weighted by Crippen LogP contribution is 2.17. The maximum absolute atomic E-state index is 13.0.